The van der Waals surface area contributed by atoms with E-state index in [1.165, 1.54) is 33.4 Å². The second kappa shape index (κ2) is 5.06. The van der Waals surface area contributed by atoms with E-state index in [9.17, 15) is 0 Å². The summed E-state index contributed by atoms with van der Waals surface area (Å²) in [5, 5.41) is 0. The normalized spacial score (nSPS) is 12.4. The molecule has 0 spiro atoms. The van der Waals surface area contributed by atoms with Crippen molar-refractivity contribution in [3.05, 3.63) is 90.0 Å². The molecule has 0 unspecified atom stereocenters. The second-order valence-corrected chi connectivity index (χ2v) is 5.43. The smallest absolute Gasteiger partial charge is 0.00820 e. The molecule has 0 aliphatic heterocycles. The zero-order chi connectivity index (χ0) is 14.1. The van der Waals surface area contributed by atoms with Crippen LogP contribution in [0.25, 0.3) is 28.3 Å². The maximum atomic E-state index is 2.33. The molecule has 0 radical (unpaired) electrons. The van der Waals surface area contributed by atoms with E-state index in [-0.39, 0.29) is 0 Å². The van der Waals surface area contributed by atoms with Crippen molar-refractivity contribution < 1.29 is 0 Å². The van der Waals surface area contributed by atoms with E-state index in [2.05, 4.69) is 84.9 Å². The molecule has 100 valence electrons. The highest BCUT2D eigenvalue weighted by molar-refractivity contribution is 5.82. The molecule has 0 aromatic heterocycles. The molecule has 0 atom stereocenters. The standard InChI is InChI=1S/C21H16/c1-3-8-16(9-4-1)19-14-18-12-7-13-20(18)21(15-19)17-10-5-2-6-11-17/h1-12,14-15H,13H2. The van der Waals surface area contributed by atoms with Crippen LogP contribution in [0.5, 0.6) is 0 Å². The number of hydrogen-bond donors (Lipinski definition) is 0. The first kappa shape index (κ1) is 12.2. The topological polar surface area (TPSA) is 0 Å². The lowest BCUT2D eigenvalue weighted by molar-refractivity contribution is 1.31. The van der Waals surface area contributed by atoms with Gasteiger partial charge in [-0.3, -0.25) is 0 Å². The Balaban J connectivity index is 1.94. The van der Waals surface area contributed by atoms with Gasteiger partial charge in [-0.1, -0.05) is 72.8 Å². The van der Waals surface area contributed by atoms with Gasteiger partial charge >= 0.3 is 0 Å². The van der Waals surface area contributed by atoms with E-state index in [0.717, 1.165) is 6.42 Å². The summed E-state index contributed by atoms with van der Waals surface area (Å²) < 4.78 is 0. The molecular weight excluding hydrogens is 252 g/mol. The van der Waals surface area contributed by atoms with Crippen LogP contribution in [0.15, 0.2) is 78.9 Å². The molecule has 0 nitrogen and oxygen atoms in total. The minimum atomic E-state index is 1.04. The van der Waals surface area contributed by atoms with Crippen LogP contribution in [-0.4, -0.2) is 0 Å². The molecule has 21 heavy (non-hydrogen) atoms. The van der Waals surface area contributed by atoms with Gasteiger partial charge in [0.05, 0.1) is 0 Å². The number of hydrogen-bond acceptors (Lipinski definition) is 0. The van der Waals surface area contributed by atoms with Gasteiger partial charge < -0.3 is 0 Å². The number of fused-ring (bicyclic) bond motifs is 1. The maximum absolute atomic E-state index is 2.33. The third kappa shape index (κ3) is 2.19. The van der Waals surface area contributed by atoms with Gasteiger partial charge in [-0.2, -0.15) is 0 Å². The Labute approximate surface area is 125 Å². The molecular formula is C21H16. The van der Waals surface area contributed by atoms with E-state index in [0.29, 0.717) is 0 Å². The van der Waals surface area contributed by atoms with Gasteiger partial charge in [-0.25, -0.2) is 0 Å². The molecule has 0 saturated heterocycles. The Kier molecular flexibility index (Phi) is 2.93. The zero-order valence-corrected chi connectivity index (χ0v) is 11.8. The summed E-state index contributed by atoms with van der Waals surface area (Å²) in [6.07, 6.45) is 5.54. The summed E-state index contributed by atoms with van der Waals surface area (Å²) in [6, 6.07) is 25.9. The minimum Gasteiger partial charge on any atom is -0.0795 e. The van der Waals surface area contributed by atoms with Crippen LogP contribution in [-0.2, 0) is 6.42 Å². The SMILES string of the molecule is C1=Cc2cc(-c3ccccc3)cc(-c3ccccc3)c2C1. The number of benzene rings is 3. The van der Waals surface area contributed by atoms with Crippen molar-refractivity contribution in [3.63, 3.8) is 0 Å². The Bertz CT molecular complexity index is 796. The average molecular weight is 268 g/mol. The van der Waals surface area contributed by atoms with Crippen LogP contribution < -0.4 is 0 Å². The molecule has 0 N–H and O–H groups in total. The Morgan fingerprint density at radius 3 is 2.00 bits per heavy atom. The van der Waals surface area contributed by atoms with Gasteiger partial charge in [-0.15, -0.1) is 0 Å². The van der Waals surface area contributed by atoms with E-state index >= 15 is 0 Å². The molecule has 1 aliphatic rings. The predicted octanol–water partition coefficient (Wildman–Crippen LogP) is 5.59. The molecule has 3 aromatic carbocycles. The molecule has 0 heterocycles. The highest BCUT2D eigenvalue weighted by Gasteiger charge is 2.14. The monoisotopic (exact) mass is 268 g/mol. The molecule has 0 heteroatoms. The van der Waals surface area contributed by atoms with Crippen LogP contribution in [0.3, 0.4) is 0 Å². The lowest BCUT2D eigenvalue weighted by Crippen LogP contribution is -1.91. The van der Waals surface area contributed by atoms with Gasteiger partial charge in [0, 0.05) is 0 Å². The number of allylic oxidation sites excluding steroid dienone is 1. The van der Waals surface area contributed by atoms with Crippen molar-refractivity contribution in [1.82, 2.24) is 0 Å². The summed E-state index contributed by atoms with van der Waals surface area (Å²) in [5.41, 5.74) is 8.03. The lowest BCUT2D eigenvalue weighted by atomic mass is 9.91. The van der Waals surface area contributed by atoms with Crippen LogP contribution in [0, 0.1) is 0 Å². The molecule has 0 saturated carbocycles. The molecule has 0 bridgehead atoms. The largest absolute Gasteiger partial charge is 0.0795 e. The fourth-order valence-corrected chi connectivity index (χ4v) is 3.05. The first-order valence-electron chi connectivity index (χ1n) is 7.36. The lowest BCUT2D eigenvalue weighted by Gasteiger charge is -2.12. The van der Waals surface area contributed by atoms with Crippen molar-refractivity contribution in [2.24, 2.45) is 0 Å². The molecule has 0 fully saturated rings. The summed E-state index contributed by atoms with van der Waals surface area (Å²) in [4.78, 5) is 0. The van der Waals surface area contributed by atoms with Gasteiger partial charge in [0.25, 0.3) is 0 Å². The van der Waals surface area contributed by atoms with Crippen molar-refractivity contribution in [3.8, 4) is 22.3 Å². The third-order valence-electron chi connectivity index (χ3n) is 4.10. The number of rotatable bonds is 2. The average Bonchev–Trinajstić information content (AvgIpc) is 3.04. The second-order valence-electron chi connectivity index (χ2n) is 5.43. The fourth-order valence-electron chi connectivity index (χ4n) is 3.05. The summed E-state index contributed by atoms with van der Waals surface area (Å²) in [7, 11) is 0. The van der Waals surface area contributed by atoms with Crippen molar-refractivity contribution in [2.45, 2.75) is 6.42 Å². The highest BCUT2D eigenvalue weighted by Crippen LogP contribution is 2.35. The first-order valence-corrected chi connectivity index (χ1v) is 7.36. The molecule has 3 aromatic rings. The first-order chi connectivity index (χ1) is 10.4. The van der Waals surface area contributed by atoms with Gasteiger partial charge in [-0.05, 0) is 51.9 Å². The van der Waals surface area contributed by atoms with E-state index in [1.807, 2.05) is 0 Å². The maximum Gasteiger partial charge on any atom is -0.00820 e. The summed E-state index contributed by atoms with van der Waals surface area (Å²) in [5.74, 6) is 0. The van der Waals surface area contributed by atoms with Crippen molar-refractivity contribution in [2.75, 3.05) is 0 Å². The molecule has 4 rings (SSSR count). The predicted molar refractivity (Wildman–Crippen MR) is 90.1 cm³/mol. The third-order valence-corrected chi connectivity index (χ3v) is 4.10. The summed E-state index contributed by atoms with van der Waals surface area (Å²) >= 11 is 0. The van der Waals surface area contributed by atoms with Crippen LogP contribution in [0.1, 0.15) is 11.1 Å². The molecule has 1 aliphatic carbocycles. The van der Waals surface area contributed by atoms with Crippen molar-refractivity contribution in [1.29, 1.82) is 0 Å². The molecule has 0 amide bonds. The van der Waals surface area contributed by atoms with Crippen LogP contribution >= 0.6 is 0 Å². The van der Waals surface area contributed by atoms with Crippen molar-refractivity contribution >= 4 is 6.08 Å². The minimum absolute atomic E-state index is 1.04. The van der Waals surface area contributed by atoms with Gasteiger partial charge in [0.2, 0.25) is 0 Å². The highest BCUT2D eigenvalue weighted by atomic mass is 14.2. The Morgan fingerprint density at radius 2 is 1.29 bits per heavy atom. The van der Waals surface area contributed by atoms with E-state index in [1.54, 1.807) is 0 Å². The van der Waals surface area contributed by atoms with Crippen LogP contribution in [0.4, 0.5) is 0 Å². The quantitative estimate of drug-likeness (QED) is 0.568. The van der Waals surface area contributed by atoms with Gasteiger partial charge in [0.1, 0.15) is 0 Å². The van der Waals surface area contributed by atoms with E-state index in [4.69, 9.17) is 0 Å². The van der Waals surface area contributed by atoms with E-state index < -0.39 is 0 Å². The Hall–Kier alpha value is -2.60. The van der Waals surface area contributed by atoms with Crippen LogP contribution in [0.2, 0.25) is 0 Å². The Morgan fingerprint density at radius 1 is 0.619 bits per heavy atom. The zero-order valence-electron chi connectivity index (χ0n) is 11.8. The summed E-state index contributed by atoms with van der Waals surface area (Å²) in [6.45, 7) is 0. The fraction of sp³-hybridized carbons (Fsp3) is 0.0476. The van der Waals surface area contributed by atoms with Gasteiger partial charge in [0.15, 0.2) is 0 Å².